The van der Waals surface area contributed by atoms with Crippen LogP contribution in [0.1, 0.15) is 31.9 Å². The van der Waals surface area contributed by atoms with Crippen LogP contribution in [0.2, 0.25) is 5.02 Å². The van der Waals surface area contributed by atoms with Crippen LogP contribution in [0.4, 0.5) is 0 Å². The Morgan fingerprint density at radius 3 is 2.61 bits per heavy atom. The molecule has 0 heterocycles. The lowest BCUT2D eigenvalue weighted by Gasteiger charge is -2.20. The second-order valence-electron chi connectivity index (χ2n) is 4.88. The summed E-state index contributed by atoms with van der Waals surface area (Å²) in [5.41, 5.74) is 9.10. The van der Waals surface area contributed by atoms with Gasteiger partial charge in [0, 0.05) is 5.56 Å². The van der Waals surface area contributed by atoms with E-state index in [4.69, 9.17) is 17.3 Å². The first-order chi connectivity index (χ1) is 8.21. The molecule has 6 heteroatoms. The lowest BCUT2D eigenvalue weighted by molar-refractivity contribution is 0.473. The Hall–Kier alpha value is -1.33. The molecule has 4 nitrogen and oxygen atoms in total. The molecule has 0 radical (unpaired) electrons. The predicted octanol–water partition coefficient (Wildman–Crippen LogP) is 2.51. The number of aromatic hydroxyl groups is 1. The van der Waals surface area contributed by atoms with E-state index in [1.54, 1.807) is 6.07 Å². The minimum Gasteiger partial charge on any atom is -0.506 e. The highest BCUT2D eigenvalue weighted by atomic mass is 35.5. The van der Waals surface area contributed by atoms with E-state index in [2.05, 4.69) is 43.5 Å². The molecule has 0 atom stereocenters. The maximum Gasteiger partial charge on any atom is 0.184 e. The van der Waals surface area contributed by atoms with Gasteiger partial charge >= 0.3 is 0 Å². The number of phenolic OH excluding ortho intramolecular Hbond substituents is 1. The Bertz CT molecular complexity index is 495. The molecule has 0 fully saturated rings. The molecule has 0 bridgehead atoms. The third-order valence-electron chi connectivity index (χ3n) is 2.34. The summed E-state index contributed by atoms with van der Waals surface area (Å²) in [7, 11) is 0. The van der Waals surface area contributed by atoms with Crippen LogP contribution in [0.3, 0.4) is 0 Å². The zero-order chi connectivity index (χ0) is 13.9. The summed E-state index contributed by atoms with van der Waals surface area (Å²) in [5.74, 6) is -0.0156. The predicted molar refractivity (Wildman–Crippen MR) is 79.3 cm³/mol. The monoisotopic (exact) mass is 285 g/mol. The first-order valence-electron chi connectivity index (χ1n) is 5.33. The lowest BCUT2D eigenvalue weighted by Crippen LogP contribution is -2.24. The molecule has 0 spiro atoms. The van der Waals surface area contributed by atoms with Gasteiger partial charge in [-0.1, -0.05) is 32.4 Å². The van der Waals surface area contributed by atoms with Gasteiger partial charge in [0.1, 0.15) is 5.75 Å². The van der Waals surface area contributed by atoms with Crippen LogP contribution in [-0.4, -0.2) is 16.4 Å². The number of thiocarbonyl (C=S) groups is 1. The number of benzene rings is 1. The molecule has 0 aliphatic rings. The normalized spacial score (nSPS) is 11.8. The van der Waals surface area contributed by atoms with Crippen LogP contribution in [0.15, 0.2) is 17.2 Å². The molecule has 98 valence electrons. The topological polar surface area (TPSA) is 70.6 Å². The van der Waals surface area contributed by atoms with Crippen LogP contribution in [0.25, 0.3) is 0 Å². The number of hydrogen-bond acceptors (Lipinski definition) is 3. The molecule has 1 aromatic carbocycles. The molecule has 0 aliphatic carbocycles. The number of nitrogens with two attached hydrogens (primary N) is 1. The maximum atomic E-state index is 9.84. The van der Waals surface area contributed by atoms with Gasteiger partial charge in [-0.25, -0.2) is 0 Å². The SMILES string of the molecule is CC(C)(C)c1cc(Cl)c(O)c(/C=N/NC(N)=S)c1. The highest BCUT2D eigenvalue weighted by Crippen LogP contribution is 2.33. The molecule has 0 saturated heterocycles. The van der Waals surface area contributed by atoms with Crippen LogP contribution in [0.5, 0.6) is 5.75 Å². The van der Waals surface area contributed by atoms with E-state index in [9.17, 15) is 5.11 Å². The summed E-state index contributed by atoms with van der Waals surface area (Å²) < 4.78 is 0. The molecule has 0 amide bonds. The maximum absolute atomic E-state index is 9.84. The van der Waals surface area contributed by atoms with E-state index in [-0.39, 0.29) is 16.3 Å². The van der Waals surface area contributed by atoms with Gasteiger partial charge < -0.3 is 10.8 Å². The number of halogens is 1. The van der Waals surface area contributed by atoms with Crippen molar-refractivity contribution < 1.29 is 5.11 Å². The van der Waals surface area contributed by atoms with E-state index in [1.807, 2.05) is 6.07 Å². The summed E-state index contributed by atoms with van der Waals surface area (Å²) in [5, 5.41) is 14.0. The Labute approximate surface area is 117 Å². The second kappa shape index (κ2) is 5.54. The fourth-order valence-electron chi connectivity index (χ4n) is 1.32. The first-order valence-corrected chi connectivity index (χ1v) is 6.12. The lowest BCUT2D eigenvalue weighted by atomic mass is 9.86. The zero-order valence-electron chi connectivity index (χ0n) is 10.5. The fraction of sp³-hybridized carbons (Fsp3) is 0.333. The van der Waals surface area contributed by atoms with Crippen LogP contribution in [0, 0.1) is 0 Å². The number of rotatable bonds is 2. The van der Waals surface area contributed by atoms with Crippen molar-refractivity contribution in [2.24, 2.45) is 10.8 Å². The van der Waals surface area contributed by atoms with Crippen molar-refractivity contribution in [3.05, 3.63) is 28.3 Å². The number of nitrogens with one attached hydrogen (secondary N) is 1. The van der Waals surface area contributed by atoms with Gasteiger partial charge in [-0.2, -0.15) is 5.10 Å². The minimum absolute atomic E-state index is 0.0156. The summed E-state index contributed by atoms with van der Waals surface area (Å²) in [4.78, 5) is 0. The van der Waals surface area contributed by atoms with Gasteiger partial charge in [0.2, 0.25) is 0 Å². The van der Waals surface area contributed by atoms with E-state index in [1.165, 1.54) is 6.21 Å². The summed E-state index contributed by atoms with van der Waals surface area (Å²) in [6.45, 7) is 6.18. The molecular formula is C12H16ClN3OS. The van der Waals surface area contributed by atoms with Gasteiger partial charge in [-0.15, -0.1) is 0 Å². The molecular weight excluding hydrogens is 270 g/mol. The van der Waals surface area contributed by atoms with Gasteiger partial charge in [0.05, 0.1) is 11.2 Å². The van der Waals surface area contributed by atoms with Crippen molar-refractivity contribution in [3.63, 3.8) is 0 Å². The molecule has 1 aromatic rings. The minimum atomic E-state index is -0.0729. The van der Waals surface area contributed by atoms with Crippen LogP contribution < -0.4 is 11.2 Å². The zero-order valence-corrected chi connectivity index (χ0v) is 12.1. The molecule has 0 aliphatic heterocycles. The molecule has 4 N–H and O–H groups in total. The third kappa shape index (κ3) is 3.85. The number of phenols is 1. The number of hydrogen-bond donors (Lipinski definition) is 3. The van der Waals surface area contributed by atoms with E-state index in [0.717, 1.165) is 5.56 Å². The highest BCUT2D eigenvalue weighted by Gasteiger charge is 2.17. The molecule has 18 heavy (non-hydrogen) atoms. The van der Waals surface area contributed by atoms with Crippen molar-refractivity contribution in [1.82, 2.24) is 5.43 Å². The second-order valence-corrected chi connectivity index (χ2v) is 5.73. The Morgan fingerprint density at radius 1 is 1.50 bits per heavy atom. The van der Waals surface area contributed by atoms with Crippen molar-refractivity contribution >= 4 is 35.1 Å². The van der Waals surface area contributed by atoms with E-state index < -0.39 is 0 Å². The fourth-order valence-corrected chi connectivity index (χ4v) is 1.60. The summed E-state index contributed by atoms with van der Waals surface area (Å²) >= 11 is 10.6. The quantitative estimate of drug-likeness (QED) is 0.444. The molecule has 0 saturated carbocycles. The van der Waals surface area contributed by atoms with Crippen molar-refractivity contribution in [2.45, 2.75) is 26.2 Å². The molecule has 1 rings (SSSR count). The average Bonchev–Trinajstić information content (AvgIpc) is 2.22. The van der Waals surface area contributed by atoms with Crippen molar-refractivity contribution in [2.75, 3.05) is 0 Å². The smallest absolute Gasteiger partial charge is 0.184 e. The van der Waals surface area contributed by atoms with Crippen molar-refractivity contribution in [1.29, 1.82) is 0 Å². The first kappa shape index (κ1) is 14.7. The summed E-state index contributed by atoms with van der Waals surface area (Å²) in [6, 6.07) is 3.57. The summed E-state index contributed by atoms with van der Waals surface area (Å²) in [6.07, 6.45) is 1.43. The Kier molecular flexibility index (Phi) is 4.53. The van der Waals surface area contributed by atoms with E-state index in [0.29, 0.717) is 10.6 Å². The third-order valence-corrected chi connectivity index (χ3v) is 2.72. The standard InChI is InChI=1S/C12H16ClN3OS/c1-12(2,3)8-4-7(6-15-16-11(14)18)10(17)9(13)5-8/h4-6,17H,1-3H3,(H3,14,16,18)/b15-6+. The van der Waals surface area contributed by atoms with Gasteiger partial charge in [0.15, 0.2) is 5.11 Å². The number of nitrogens with zero attached hydrogens (tertiary/aromatic N) is 1. The van der Waals surface area contributed by atoms with Gasteiger partial charge in [-0.3, -0.25) is 5.43 Å². The average molecular weight is 286 g/mol. The highest BCUT2D eigenvalue weighted by molar-refractivity contribution is 7.80. The van der Waals surface area contributed by atoms with Gasteiger partial charge in [-0.05, 0) is 35.3 Å². The Balaban J connectivity index is 3.15. The Morgan fingerprint density at radius 2 is 2.11 bits per heavy atom. The van der Waals surface area contributed by atoms with Gasteiger partial charge in [0.25, 0.3) is 0 Å². The van der Waals surface area contributed by atoms with Crippen LogP contribution >= 0.6 is 23.8 Å². The molecule has 0 aromatic heterocycles. The van der Waals surface area contributed by atoms with Crippen LogP contribution in [-0.2, 0) is 5.41 Å². The molecule has 0 unspecified atom stereocenters. The van der Waals surface area contributed by atoms with E-state index >= 15 is 0 Å². The largest absolute Gasteiger partial charge is 0.506 e. The van der Waals surface area contributed by atoms with Crippen molar-refractivity contribution in [3.8, 4) is 5.75 Å². The number of hydrazone groups is 1.